The van der Waals surface area contributed by atoms with Gasteiger partial charge in [0.25, 0.3) is 5.89 Å². The van der Waals surface area contributed by atoms with Crippen LogP contribution in [0.15, 0.2) is 59.0 Å². The van der Waals surface area contributed by atoms with Gasteiger partial charge in [0, 0.05) is 10.6 Å². The zero-order chi connectivity index (χ0) is 15.6. The Labute approximate surface area is 133 Å². The first-order valence-corrected chi connectivity index (χ1v) is 7.26. The summed E-state index contributed by atoms with van der Waals surface area (Å²) < 4.78 is 11.7. The molecule has 0 aliphatic rings. The van der Waals surface area contributed by atoms with E-state index in [1.807, 2.05) is 44.2 Å². The minimum atomic E-state index is -0.742. The molecule has 0 saturated carbocycles. The highest BCUT2D eigenvalue weighted by Crippen LogP contribution is 2.29. The molecule has 0 radical (unpaired) electrons. The molecule has 3 aromatic rings. The molecule has 0 unspecified atom stereocenters. The molecule has 1 heterocycles. The predicted molar refractivity (Wildman–Crippen MR) is 84.8 cm³/mol. The largest absolute Gasteiger partial charge is 0.478 e. The van der Waals surface area contributed by atoms with Crippen molar-refractivity contribution in [2.45, 2.75) is 19.4 Å². The lowest BCUT2D eigenvalue weighted by molar-refractivity contribution is 0.0770. The van der Waals surface area contributed by atoms with Crippen LogP contribution in [0.1, 0.15) is 19.7 Å². The summed E-state index contributed by atoms with van der Waals surface area (Å²) >= 11 is 5.87. The maximum Gasteiger partial charge on any atom is 0.259 e. The minimum absolute atomic E-state index is 0.418. The van der Waals surface area contributed by atoms with Crippen LogP contribution in [0.3, 0.4) is 0 Å². The van der Waals surface area contributed by atoms with E-state index in [4.69, 9.17) is 20.8 Å². The first kappa shape index (κ1) is 14.6. The van der Waals surface area contributed by atoms with Gasteiger partial charge in [-0.15, -0.1) is 10.2 Å². The summed E-state index contributed by atoms with van der Waals surface area (Å²) in [7, 11) is 0. The smallest absolute Gasteiger partial charge is 0.259 e. The van der Waals surface area contributed by atoms with E-state index in [-0.39, 0.29) is 0 Å². The van der Waals surface area contributed by atoms with Crippen molar-refractivity contribution in [1.82, 2.24) is 10.2 Å². The third-order valence-corrected chi connectivity index (χ3v) is 3.40. The summed E-state index contributed by atoms with van der Waals surface area (Å²) in [5.74, 6) is 1.58. The van der Waals surface area contributed by atoms with Crippen LogP contribution in [0.25, 0.3) is 11.5 Å². The van der Waals surface area contributed by atoms with Crippen molar-refractivity contribution in [3.8, 4) is 17.2 Å². The van der Waals surface area contributed by atoms with Crippen LogP contribution in [0.4, 0.5) is 0 Å². The van der Waals surface area contributed by atoms with Crippen LogP contribution in [0.2, 0.25) is 5.02 Å². The zero-order valence-electron chi connectivity index (χ0n) is 12.3. The van der Waals surface area contributed by atoms with Crippen LogP contribution < -0.4 is 4.74 Å². The van der Waals surface area contributed by atoms with Gasteiger partial charge in [0.1, 0.15) is 5.75 Å². The van der Waals surface area contributed by atoms with Gasteiger partial charge in [0.15, 0.2) is 5.60 Å². The van der Waals surface area contributed by atoms with Crippen molar-refractivity contribution < 1.29 is 9.15 Å². The van der Waals surface area contributed by atoms with Crippen molar-refractivity contribution in [3.05, 3.63) is 65.5 Å². The van der Waals surface area contributed by atoms with Crippen LogP contribution in [0.5, 0.6) is 5.75 Å². The fraction of sp³-hybridized carbons (Fsp3) is 0.176. The summed E-state index contributed by atoms with van der Waals surface area (Å²) in [6, 6.07) is 16.8. The van der Waals surface area contributed by atoms with Crippen LogP contribution >= 0.6 is 11.6 Å². The van der Waals surface area contributed by atoms with E-state index < -0.39 is 5.60 Å². The molecule has 0 atom stereocenters. The Bertz CT molecular complexity index is 752. The van der Waals surface area contributed by atoms with Gasteiger partial charge < -0.3 is 9.15 Å². The molecule has 3 rings (SSSR count). The monoisotopic (exact) mass is 314 g/mol. The normalized spacial score (nSPS) is 11.4. The number of hydrogen-bond acceptors (Lipinski definition) is 4. The fourth-order valence-corrected chi connectivity index (χ4v) is 2.13. The zero-order valence-corrected chi connectivity index (χ0v) is 13.0. The number of benzene rings is 2. The number of nitrogens with zero attached hydrogens (tertiary/aromatic N) is 2. The maximum absolute atomic E-state index is 5.94. The fourth-order valence-electron chi connectivity index (χ4n) is 2.00. The summed E-state index contributed by atoms with van der Waals surface area (Å²) in [5, 5.41) is 8.86. The topological polar surface area (TPSA) is 48.2 Å². The van der Waals surface area contributed by atoms with Crippen molar-refractivity contribution in [2.24, 2.45) is 0 Å². The quantitative estimate of drug-likeness (QED) is 0.700. The molecule has 112 valence electrons. The van der Waals surface area contributed by atoms with Crippen molar-refractivity contribution in [3.63, 3.8) is 0 Å². The highest BCUT2D eigenvalue weighted by Gasteiger charge is 2.30. The van der Waals surface area contributed by atoms with Gasteiger partial charge in [-0.05, 0) is 50.2 Å². The van der Waals surface area contributed by atoms with E-state index in [0.717, 1.165) is 5.56 Å². The first-order valence-electron chi connectivity index (χ1n) is 6.88. The molecule has 0 fully saturated rings. The molecule has 0 spiro atoms. The average Bonchev–Trinajstić information content (AvgIpc) is 3.01. The van der Waals surface area contributed by atoms with E-state index in [0.29, 0.717) is 22.6 Å². The second-order valence-electron chi connectivity index (χ2n) is 5.34. The van der Waals surface area contributed by atoms with Crippen LogP contribution in [-0.2, 0) is 5.60 Å². The van der Waals surface area contributed by atoms with E-state index in [9.17, 15) is 0 Å². The van der Waals surface area contributed by atoms with Gasteiger partial charge in [-0.1, -0.05) is 29.8 Å². The SMILES string of the molecule is CC(C)(Oc1ccc(Cl)cc1)c1nnc(-c2ccccc2)o1. The molecule has 0 saturated heterocycles. The number of ether oxygens (including phenoxy) is 1. The van der Waals surface area contributed by atoms with Crippen LogP contribution in [-0.4, -0.2) is 10.2 Å². The number of rotatable bonds is 4. The molecule has 2 aromatic carbocycles. The lowest BCUT2D eigenvalue weighted by Gasteiger charge is -2.22. The first-order chi connectivity index (χ1) is 10.5. The molecule has 22 heavy (non-hydrogen) atoms. The molecule has 1 aromatic heterocycles. The van der Waals surface area contributed by atoms with E-state index in [2.05, 4.69) is 10.2 Å². The lowest BCUT2D eigenvalue weighted by atomic mass is 10.1. The van der Waals surface area contributed by atoms with E-state index in [1.54, 1.807) is 24.3 Å². The molecule has 0 aliphatic carbocycles. The number of halogens is 1. The van der Waals surface area contributed by atoms with Crippen molar-refractivity contribution in [1.29, 1.82) is 0 Å². The van der Waals surface area contributed by atoms with Gasteiger partial charge in [-0.3, -0.25) is 0 Å². The maximum atomic E-state index is 5.94. The Balaban J connectivity index is 1.83. The summed E-state index contributed by atoms with van der Waals surface area (Å²) in [4.78, 5) is 0. The number of aromatic nitrogens is 2. The van der Waals surface area contributed by atoms with Gasteiger partial charge in [-0.25, -0.2) is 0 Å². The average molecular weight is 315 g/mol. The summed E-state index contributed by atoms with van der Waals surface area (Å²) in [6.07, 6.45) is 0. The molecule has 0 aliphatic heterocycles. The lowest BCUT2D eigenvalue weighted by Crippen LogP contribution is -2.25. The van der Waals surface area contributed by atoms with E-state index >= 15 is 0 Å². The van der Waals surface area contributed by atoms with E-state index in [1.165, 1.54) is 0 Å². The molecular formula is C17H15ClN2O2. The Hall–Kier alpha value is -2.33. The standard InChI is InChI=1S/C17H15ClN2O2/c1-17(2,22-14-10-8-13(18)9-11-14)16-20-19-15(21-16)12-6-4-3-5-7-12/h3-11H,1-2H3. The Morgan fingerprint density at radius 1 is 0.955 bits per heavy atom. The molecule has 4 nitrogen and oxygen atoms in total. The molecule has 0 bridgehead atoms. The Morgan fingerprint density at radius 2 is 1.64 bits per heavy atom. The van der Waals surface area contributed by atoms with Gasteiger partial charge in [0.05, 0.1) is 0 Å². The van der Waals surface area contributed by atoms with Crippen LogP contribution in [0, 0.1) is 0 Å². The van der Waals surface area contributed by atoms with Crippen molar-refractivity contribution >= 4 is 11.6 Å². The second kappa shape index (κ2) is 5.81. The van der Waals surface area contributed by atoms with Gasteiger partial charge in [0.2, 0.25) is 5.89 Å². The molecule has 0 amide bonds. The minimum Gasteiger partial charge on any atom is -0.478 e. The predicted octanol–water partition coefficient (Wildman–Crippen LogP) is 4.70. The molecule has 0 N–H and O–H groups in total. The summed E-state index contributed by atoms with van der Waals surface area (Å²) in [6.45, 7) is 3.76. The number of hydrogen-bond donors (Lipinski definition) is 0. The second-order valence-corrected chi connectivity index (χ2v) is 5.78. The molecule has 5 heteroatoms. The van der Waals surface area contributed by atoms with Gasteiger partial charge in [-0.2, -0.15) is 0 Å². The highest BCUT2D eigenvalue weighted by atomic mass is 35.5. The van der Waals surface area contributed by atoms with Crippen molar-refractivity contribution in [2.75, 3.05) is 0 Å². The Kier molecular flexibility index (Phi) is 3.86. The summed E-state index contributed by atoms with van der Waals surface area (Å²) in [5.41, 5.74) is 0.136. The third kappa shape index (κ3) is 3.12. The van der Waals surface area contributed by atoms with Gasteiger partial charge >= 0.3 is 0 Å². The third-order valence-electron chi connectivity index (χ3n) is 3.15. The highest BCUT2D eigenvalue weighted by molar-refractivity contribution is 6.30. The molecular weight excluding hydrogens is 300 g/mol. The Morgan fingerprint density at radius 3 is 2.32 bits per heavy atom.